The van der Waals surface area contributed by atoms with E-state index in [1.807, 2.05) is 6.92 Å². The maximum absolute atomic E-state index is 12.6. The van der Waals surface area contributed by atoms with Crippen LogP contribution in [0.5, 0.6) is 0 Å². The molecule has 9 heteroatoms. The molecule has 8 nitrogen and oxygen atoms in total. The number of nitrogens with zero attached hydrogens (tertiary/aromatic N) is 3. The first-order valence-corrected chi connectivity index (χ1v) is 9.08. The van der Waals surface area contributed by atoms with E-state index in [0.717, 1.165) is 0 Å². The maximum atomic E-state index is 12.6. The zero-order valence-electron chi connectivity index (χ0n) is 14.7. The van der Waals surface area contributed by atoms with Crippen molar-refractivity contribution in [1.82, 2.24) is 4.90 Å². The lowest BCUT2D eigenvalue weighted by molar-refractivity contribution is -0.384. The SMILES string of the molecule is CCN1C(=O)/C(=C\c2cccc([N+](=O)[O-])c2)SC1=Nc1ccc(C(=O)O)cc1. The molecule has 0 bridgehead atoms. The molecule has 1 amide bonds. The Bertz CT molecular complexity index is 1010. The van der Waals surface area contributed by atoms with Crippen LogP contribution in [-0.2, 0) is 4.79 Å². The molecular formula is C19H15N3O5S. The smallest absolute Gasteiger partial charge is 0.335 e. The van der Waals surface area contributed by atoms with Gasteiger partial charge in [-0.05, 0) is 54.6 Å². The average Bonchev–Trinajstić information content (AvgIpc) is 2.96. The van der Waals surface area contributed by atoms with Crippen LogP contribution < -0.4 is 0 Å². The van der Waals surface area contributed by atoms with Crippen LogP contribution >= 0.6 is 11.8 Å². The van der Waals surface area contributed by atoms with Crippen LogP contribution in [0.25, 0.3) is 6.08 Å². The second-order valence-corrected chi connectivity index (χ2v) is 6.77. The highest BCUT2D eigenvalue weighted by Crippen LogP contribution is 2.34. The number of thioether (sulfide) groups is 1. The molecule has 3 rings (SSSR count). The molecule has 1 heterocycles. The molecule has 0 radical (unpaired) electrons. The highest BCUT2D eigenvalue weighted by Gasteiger charge is 2.32. The standard InChI is InChI=1S/C19H15N3O5S/c1-2-21-17(23)16(11-12-4-3-5-15(10-12)22(26)27)28-19(21)20-14-8-6-13(7-9-14)18(24)25/h3-11H,2H2,1H3,(H,24,25)/b16-11+,20-19?. The van der Waals surface area contributed by atoms with Gasteiger partial charge in [-0.3, -0.25) is 19.8 Å². The fourth-order valence-corrected chi connectivity index (χ4v) is 3.60. The number of benzene rings is 2. The highest BCUT2D eigenvalue weighted by atomic mass is 32.2. The number of likely N-dealkylation sites (N-methyl/N-ethyl adjacent to an activating group) is 1. The molecule has 0 spiro atoms. The minimum absolute atomic E-state index is 0.0513. The summed E-state index contributed by atoms with van der Waals surface area (Å²) in [4.78, 5) is 40.4. The first-order chi connectivity index (χ1) is 13.4. The highest BCUT2D eigenvalue weighted by molar-refractivity contribution is 8.18. The number of aliphatic imine (C=N–C) groups is 1. The van der Waals surface area contributed by atoms with Gasteiger partial charge in [0.2, 0.25) is 0 Å². The zero-order chi connectivity index (χ0) is 20.3. The van der Waals surface area contributed by atoms with E-state index in [1.54, 1.807) is 30.3 Å². The van der Waals surface area contributed by atoms with E-state index < -0.39 is 10.9 Å². The number of non-ortho nitro benzene ring substituents is 1. The number of carbonyl (C=O) groups excluding carboxylic acids is 1. The Labute approximate surface area is 164 Å². The topological polar surface area (TPSA) is 113 Å². The number of carboxylic acids is 1. The van der Waals surface area contributed by atoms with E-state index >= 15 is 0 Å². The lowest BCUT2D eigenvalue weighted by atomic mass is 10.2. The minimum Gasteiger partial charge on any atom is -0.478 e. The largest absolute Gasteiger partial charge is 0.478 e. The minimum atomic E-state index is -1.03. The van der Waals surface area contributed by atoms with Crippen LogP contribution in [0, 0.1) is 10.1 Å². The molecule has 142 valence electrons. The molecule has 0 aliphatic carbocycles. The predicted octanol–water partition coefficient (Wildman–Crippen LogP) is 3.92. The summed E-state index contributed by atoms with van der Waals surface area (Å²) in [6.07, 6.45) is 1.60. The Hall–Kier alpha value is -3.46. The van der Waals surface area contributed by atoms with Gasteiger partial charge in [-0.15, -0.1) is 0 Å². The van der Waals surface area contributed by atoms with Crippen molar-refractivity contribution >= 4 is 46.3 Å². The number of nitro benzene ring substituents is 1. The Kier molecular flexibility index (Phi) is 5.55. The Balaban J connectivity index is 1.91. The number of carboxylic acid groups (broad SMARTS) is 1. The van der Waals surface area contributed by atoms with Crippen molar-refractivity contribution in [3.05, 3.63) is 74.7 Å². The average molecular weight is 397 g/mol. The van der Waals surface area contributed by atoms with E-state index in [-0.39, 0.29) is 17.2 Å². The van der Waals surface area contributed by atoms with Gasteiger partial charge in [0, 0.05) is 18.7 Å². The normalized spacial score (nSPS) is 16.8. The van der Waals surface area contributed by atoms with Crippen LogP contribution in [0.1, 0.15) is 22.8 Å². The van der Waals surface area contributed by atoms with E-state index in [2.05, 4.69) is 4.99 Å². The van der Waals surface area contributed by atoms with E-state index in [4.69, 9.17) is 5.11 Å². The summed E-state index contributed by atoms with van der Waals surface area (Å²) in [5, 5.41) is 20.3. The van der Waals surface area contributed by atoms with Crippen LogP contribution in [-0.4, -0.2) is 38.5 Å². The molecule has 2 aromatic rings. The lowest BCUT2D eigenvalue weighted by Gasteiger charge is -2.12. The van der Waals surface area contributed by atoms with Gasteiger partial charge in [0.15, 0.2) is 5.17 Å². The van der Waals surface area contributed by atoms with Crippen molar-refractivity contribution in [1.29, 1.82) is 0 Å². The van der Waals surface area contributed by atoms with Gasteiger partial charge in [-0.1, -0.05) is 12.1 Å². The lowest BCUT2D eigenvalue weighted by Crippen LogP contribution is -2.28. The molecule has 1 fully saturated rings. The Morgan fingerprint density at radius 3 is 2.61 bits per heavy atom. The van der Waals surface area contributed by atoms with Gasteiger partial charge < -0.3 is 5.11 Å². The molecule has 1 saturated heterocycles. The summed E-state index contributed by atoms with van der Waals surface area (Å²) in [5.41, 5.74) is 1.17. The quantitative estimate of drug-likeness (QED) is 0.465. The second kappa shape index (κ2) is 8.05. The maximum Gasteiger partial charge on any atom is 0.335 e. The molecule has 0 aromatic heterocycles. The van der Waals surface area contributed by atoms with Gasteiger partial charge in [0.1, 0.15) is 0 Å². The summed E-state index contributed by atoms with van der Waals surface area (Å²) >= 11 is 1.17. The molecule has 1 aliphatic heterocycles. The monoisotopic (exact) mass is 397 g/mol. The first-order valence-electron chi connectivity index (χ1n) is 8.27. The third-order valence-corrected chi connectivity index (χ3v) is 4.93. The van der Waals surface area contributed by atoms with E-state index in [9.17, 15) is 19.7 Å². The fraction of sp³-hybridized carbons (Fsp3) is 0.105. The van der Waals surface area contributed by atoms with Gasteiger partial charge >= 0.3 is 5.97 Å². The number of amides is 1. The molecule has 1 N–H and O–H groups in total. The first kappa shape index (κ1) is 19.3. The predicted molar refractivity (Wildman–Crippen MR) is 107 cm³/mol. The fourth-order valence-electron chi connectivity index (χ4n) is 2.54. The molecule has 2 aromatic carbocycles. The molecule has 0 unspecified atom stereocenters. The van der Waals surface area contributed by atoms with Crippen molar-refractivity contribution in [2.75, 3.05) is 6.54 Å². The summed E-state index contributed by atoms with van der Waals surface area (Å²) in [6, 6.07) is 12.1. The molecular weight excluding hydrogens is 382 g/mol. The second-order valence-electron chi connectivity index (χ2n) is 5.76. The van der Waals surface area contributed by atoms with Crippen LogP contribution in [0.4, 0.5) is 11.4 Å². The molecule has 0 atom stereocenters. The summed E-state index contributed by atoms with van der Waals surface area (Å²) in [6.45, 7) is 2.22. The molecule has 0 saturated carbocycles. The Morgan fingerprint density at radius 2 is 2.00 bits per heavy atom. The number of carbonyl (C=O) groups is 2. The van der Waals surface area contributed by atoms with Crippen molar-refractivity contribution in [2.45, 2.75) is 6.92 Å². The Morgan fingerprint density at radius 1 is 1.29 bits per heavy atom. The number of rotatable bonds is 5. The van der Waals surface area contributed by atoms with Crippen molar-refractivity contribution in [3.63, 3.8) is 0 Å². The summed E-state index contributed by atoms with van der Waals surface area (Å²) in [7, 11) is 0. The molecule has 28 heavy (non-hydrogen) atoms. The summed E-state index contributed by atoms with van der Waals surface area (Å²) < 4.78 is 0. The molecule has 1 aliphatic rings. The summed E-state index contributed by atoms with van der Waals surface area (Å²) in [5.74, 6) is -1.26. The van der Waals surface area contributed by atoms with E-state index in [1.165, 1.54) is 40.9 Å². The van der Waals surface area contributed by atoms with Gasteiger partial charge in [-0.2, -0.15) is 0 Å². The van der Waals surface area contributed by atoms with Gasteiger partial charge in [0.25, 0.3) is 11.6 Å². The van der Waals surface area contributed by atoms with Crippen molar-refractivity contribution < 1.29 is 19.6 Å². The number of hydrogen-bond donors (Lipinski definition) is 1. The number of nitro groups is 1. The third kappa shape index (κ3) is 4.09. The zero-order valence-corrected chi connectivity index (χ0v) is 15.5. The van der Waals surface area contributed by atoms with Crippen LogP contribution in [0.3, 0.4) is 0 Å². The van der Waals surface area contributed by atoms with Crippen molar-refractivity contribution in [2.24, 2.45) is 4.99 Å². The number of hydrogen-bond acceptors (Lipinski definition) is 6. The van der Waals surface area contributed by atoms with Gasteiger partial charge in [0.05, 0.1) is 21.1 Å². The number of aromatic carboxylic acids is 1. The van der Waals surface area contributed by atoms with Gasteiger partial charge in [-0.25, -0.2) is 9.79 Å². The van der Waals surface area contributed by atoms with Crippen LogP contribution in [0.15, 0.2) is 58.4 Å². The van der Waals surface area contributed by atoms with E-state index in [0.29, 0.717) is 27.9 Å². The van der Waals surface area contributed by atoms with Crippen molar-refractivity contribution in [3.8, 4) is 0 Å². The third-order valence-electron chi connectivity index (χ3n) is 3.92. The van der Waals surface area contributed by atoms with Crippen LogP contribution in [0.2, 0.25) is 0 Å². The number of amidine groups is 1.